The summed E-state index contributed by atoms with van der Waals surface area (Å²) in [5.41, 5.74) is 11.4. The van der Waals surface area contributed by atoms with Gasteiger partial charge in [0.2, 0.25) is 0 Å². The average Bonchev–Trinajstić information content (AvgIpc) is 3.27. The third-order valence-corrected chi connectivity index (χ3v) is 10.0. The van der Waals surface area contributed by atoms with Gasteiger partial charge in [0.25, 0.3) is 0 Å². The number of aromatic nitrogens is 6. The molecule has 0 aliphatic carbocycles. The Labute approximate surface area is 311 Å². The van der Waals surface area contributed by atoms with E-state index >= 15 is 0 Å². The van der Waals surface area contributed by atoms with E-state index in [0.29, 0.717) is 0 Å². The lowest BCUT2D eigenvalue weighted by molar-refractivity contribution is 1.24. The van der Waals surface area contributed by atoms with Crippen molar-refractivity contribution < 1.29 is 0 Å². The lowest BCUT2D eigenvalue weighted by atomic mass is 9.90. The molecule has 0 saturated carbocycles. The van der Waals surface area contributed by atoms with Crippen LogP contribution < -0.4 is 0 Å². The second-order valence-corrected chi connectivity index (χ2v) is 13.2. The molecule has 0 saturated heterocycles. The summed E-state index contributed by atoms with van der Waals surface area (Å²) >= 11 is 0. The predicted octanol–water partition coefficient (Wildman–Crippen LogP) is 11.5. The highest BCUT2D eigenvalue weighted by molar-refractivity contribution is 6.26. The van der Waals surface area contributed by atoms with Crippen molar-refractivity contribution in [1.82, 2.24) is 29.9 Å². The van der Waals surface area contributed by atoms with Crippen molar-refractivity contribution in [2.45, 2.75) is 0 Å². The first kappa shape index (κ1) is 31.3. The van der Waals surface area contributed by atoms with Crippen LogP contribution in [0.4, 0.5) is 0 Å². The first-order valence-corrected chi connectivity index (χ1v) is 17.8. The highest BCUT2D eigenvalue weighted by Gasteiger charge is 2.13. The summed E-state index contributed by atoms with van der Waals surface area (Å²) in [4.78, 5) is 27.8. The molecule has 252 valence electrons. The molecule has 0 fully saturated rings. The van der Waals surface area contributed by atoms with Gasteiger partial charge in [-0.1, -0.05) is 72.8 Å². The summed E-state index contributed by atoms with van der Waals surface area (Å²) in [6, 6.07) is 50.3. The van der Waals surface area contributed by atoms with E-state index in [-0.39, 0.29) is 0 Å². The number of nitrogens with zero attached hydrogens (tertiary/aromatic N) is 6. The van der Waals surface area contributed by atoms with Crippen molar-refractivity contribution >= 4 is 32.3 Å². The van der Waals surface area contributed by atoms with Gasteiger partial charge >= 0.3 is 0 Å². The van der Waals surface area contributed by atoms with Crippen molar-refractivity contribution in [2.24, 2.45) is 0 Å². The van der Waals surface area contributed by atoms with Gasteiger partial charge in [0.05, 0.1) is 34.2 Å². The second-order valence-electron chi connectivity index (χ2n) is 13.2. The molecule has 0 aliphatic rings. The Bertz CT molecular complexity index is 2700. The standard InChI is InChI=1S/C48H30N6/c1-2-8-38-37(7-1)41-25-31(33-13-19-45(51-27-33)47-21-15-35(29-53-47)43-9-3-5-23-49-43)11-17-39(41)40-18-12-32(26-42(38)40)34-14-20-46(52-28-34)48-22-16-36(30-54-48)44-10-4-6-24-50-44/h1-30H. The molecule has 0 unspecified atom stereocenters. The predicted molar refractivity (Wildman–Crippen MR) is 218 cm³/mol. The topological polar surface area (TPSA) is 77.3 Å². The molecular weight excluding hydrogens is 661 g/mol. The molecule has 6 nitrogen and oxygen atoms in total. The maximum atomic E-state index is 4.81. The number of rotatable bonds is 6. The zero-order chi connectivity index (χ0) is 35.8. The van der Waals surface area contributed by atoms with Crippen LogP contribution in [-0.4, -0.2) is 29.9 Å². The van der Waals surface area contributed by atoms with Crippen LogP contribution >= 0.6 is 0 Å². The summed E-state index contributed by atoms with van der Waals surface area (Å²) in [6.45, 7) is 0. The summed E-state index contributed by atoms with van der Waals surface area (Å²) in [6.07, 6.45) is 11.2. The molecule has 0 bridgehead atoms. The fourth-order valence-electron chi connectivity index (χ4n) is 7.21. The van der Waals surface area contributed by atoms with E-state index in [1.54, 1.807) is 12.4 Å². The number of fused-ring (bicyclic) bond motifs is 6. The normalized spacial score (nSPS) is 11.3. The SMILES string of the molecule is c1ccc(-c2ccc(-c3ccc(-c4ccc5c6ccc(-c7ccc(-c8ccc(-c9ccccn9)cn8)nc7)cc6c6ccccc6c5c4)cn3)nc2)nc1. The van der Waals surface area contributed by atoms with Crippen molar-refractivity contribution in [1.29, 1.82) is 0 Å². The molecule has 0 aliphatic heterocycles. The van der Waals surface area contributed by atoms with Gasteiger partial charge in [0.1, 0.15) is 0 Å². The maximum Gasteiger partial charge on any atom is 0.0886 e. The van der Waals surface area contributed by atoms with E-state index in [1.165, 1.54) is 32.3 Å². The molecule has 0 N–H and O–H groups in total. The average molecular weight is 691 g/mol. The van der Waals surface area contributed by atoms with Crippen LogP contribution in [0.5, 0.6) is 0 Å². The first-order valence-electron chi connectivity index (χ1n) is 17.8. The monoisotopic (exact) mass is 690 g/mol. The Morgan fingerprint density at radius 3 is 0.926 bits per heavy atom. The largest absolute Gasteiger partial charge is 0.256 e. The zero-order valence-corrected chi connectivity index (χ0v) is 29.0. The molecule has 4 aromatic carbocycles. The van der Waals surface area contributed by atoms with Gasteiger partial charge in [-0.05, 0) is 116 Å². The van der Waals surface area contributed by atoms with Gasteiger partial charge in [-0.2, -0.15) is 0 Å². The lowest BCUT2D eigenvalue weighted by Crippen LogP contribution is -1.91. The Morgan fingerprint density at radius 2 is 0.574 bits per heavy atom. The highest BCUT2D eigenvalue weighted by Crippen LogP contribution is 2.39. The van der Waals surface area contributed by atoms with Crippen LogP contribution in [0.1, 0.15) is 0 Å². The van der Waals surface area contributed by atoms with Crippen LogP contribution in [0.15, 0.2) is 183 Å². The summed E-state index contributed by atoms with van der Waals surface area (Å²) in [5.74, 6) is 0. The minimum atomic E-state index is 0.826. The van der Waals surface area contributed by atoms with Gasteiger partial charge in [0.15, 0.2) is 0 Å². The molecule has 10 rings (SSSR count). The van der Waals surface area contributed by atoms with Crippen LogP contribution in [0.2, 0.25) is 0 Å². The van der Waals surface area contributed by atoms with Crippen molar-refractivity contribution in [3.63, 3.8) is 0 Å². The third-order valence-electron chi connectivity index (χ3n) is 10.0. The minimum Gasteiger partial charge on any atom is -0.256 e. The van der Waals surface area contributed by atoms with E-state index in [1.807, 2.05) is 97.6 Å². The number of hydrogen-bond donors (Lipinski definition) is 0. The van der Waals surface area contributed by atoms with Crippen LogP contribution in [0.25, 0.3) is 99.9 Å². The van der Waals surface area contributed by atoms with E-state index in [9.17, 15) is 0 Å². The van der Waals surface area contributed by atoms with Gasteiger partial charge in [-0.25, -0.2) is 0 Å². The smallest absolute Gasteiger partial charge is 0.0886 e. The molecule has 0 radical (unpaired) electrons. The molecule has 0 spiro atoms. The number of benzene rings is 4. The van der Waals surface area contributed by atoms with Crippen molar-refractivity contribution in [3.8, 4) is 67.5 Å². The fraction of sp³-hybridized carbons (Fsp3) is 0. The van der Waals surface area contributed by atoms with Gasteiger partial charge in [0, 0.05) is 59.4 Å². The first-order chi connectivity index (χ1) is 26.7. The third kappa shape index (κ3) is 5.72. The van der Waals surface area contributed by atoms with Crippen LogP contribution in [0, 0.1) is 0 Å². The number of hydrogen-bond acceptors (Lipinski definition) is 6. The van der Waals surface area contributed by atoms with Crippen LogP contribution in [-0.2, 0) is 0 Å². The zero-order valence-electron chi connectivity index (χ0n) is 29.0. The summed E-state index contributed by atoms with van der Waals surface area (Å²) in [7, 11) is 0. The van der Waals surface area contributed by atoms with Gasteiger partial charge in [-0.15, -0.1) is 0 Å². The molecular formula is C48H30N6. The molecule has 6 heteroatoms. The van der Waals surface area contributed by atoms with E-state index in [4.69, 9.17) is 9.97 Å². The second kappa shape index (κ2) is 13.3. The Kier molecular flexibility index (Phi) is 7.69. The molecule has 0 amide bonds. The molecule has 0 atom stereocenters. The molecule has 10 aromatic rings. The number of pyridine rings is 6. The Morgan fingerprint density at radius 1 is 0.222 bits per heavy atom. The van der Waals surface area contributed by atoms with E-state index < -0.39 is 0 Å². The molecule has 54 heavy (non-hydrogen) atoms. The van der Waals surface area contributed by atoms with Crippen molar-refractivity contribution in [2.75, 3.05) is 0 Å². The molecule has 6 heterocycles. The molecule has 6 aromatic heterocycles. The summed E-state index contributed by atoms with van der Waals surface area (Å²) in [5, 5.41) is 7.30. The summed E-state index contributed by atoms with van der Waals surface area (Å²) < 4.78 is 0. The van der Waals surface area contributed by atoms with Crippen LogP contribution in [0.3, 0.4) is 0 Å². The quantitative estimate of drug-likeness (QED) is 0.162. The Hall–Kier alpha value is -7.44. The minimum absolute atomic E-state index is 0.826. The Balaban J connectivity index is 0.953. The van der Waals surface area contributed by atoms with E-state index in [0.717, 1.165) is 67.5 Å². The van der Waals surface area contributed by atoms with Gasteiger partial charge in [-0.3, -0.25) is 29.9 Å². The maximum absolute atomic E-state index is 4.81. The highest BCUT2D eigenvalue weighted by atomic mass is 14.8. The lowest BCUT2D eigenvalue weighted by Gasteiger charge is -2.13. The van der Waals surface area contributed by atoms with Gasteiger partial charge < -0.3 is 0 Å². The fourth-order valence-corrected chi connectivity index (χ4v) is 7.21. The van der Waals surface area contributed by atoms with E-state index in [2.05, 4.69) is 92.7 Å². The van der Waals surface area contributed by atoms with Crippen molar-refractivity contribution in [3.05, 3.63) is 183 Å².